The third kappa shape index (κ3) is 3.22. The molecule has 2 N–H and O–H groups in total. The van der Waals surface area contributed by atoms with E-state index >= 15 is 0 Å². The molecule has 2 saturated heterocycles. The second-order valence-corrected chi connectivity index (χ2v) is 5.70. The first-order valence-electron chi connectivity index (χ1n) is 7.53. The van der Waals surface area contributed by atoms with Gasteiger partial charge in [-0.3, -0.25) is 9.59 Å². The van der Waals surface area contributed by atoms with Gasteiger partial charge in [-0.15, -0.1) is 0 Å². The molecule has 22 heavy (non-hydrogen) atoms. The number of fused-ring (bicyclic) bond motifs is 2. The van der Waals surface area contributed by atoms with Gasteiger partial charge < -0.3 is 20.1 Å². The van der Waals surface area contributed by atoms with E-state index in [9.17, 15) is 9.59 Å². The van der Waals surface area contributed by atoms with Gasteiger partial charge in [0.1, 0.15) is 5.75 Å². The van der Waals surface area contributed by atoms with Crippen molar-refractivity contribution >= 4 is 11.8 Å². The number of amides is 2. The fraction of sp³-hybridized carbons (Fsp3) is 0.500. The van der Waals surface area contributed by atoms with Gasteiger partial charge in [0.05, 0.1) is 31.9 Å². The Hall–Kier alpha value is -2.08. The van der Waals surface area contributed by atoms with E-state index in [1.54, 1.807) is 31.4 Å². The molecule has 1 aromatic carbocycles. The first kappa shape index (κ1) is 14.8. The number of rotatable bonds is 5. The van der Waals surface area contributed by atoms with Crippen LogP contribution >= 0.6 is 0 Å². The van der Waals surface area contributed by atoms with Gasteiger partial charge in [0.2, 0.25) is 5.91 Å². The lowest BCUT2D eigenvalue weighted by Crippen LogP contribution is -2.45. The summed E-state index contributed by atoms with van der Waals surface area (Å²) in [5.74, 6) is 0.131. The molecule has 0 saturated carbocycles. The minimum absolute atomic E-state index is 0.0378. The molecular formula is C16H20N2O4. The summed E-state index contributed by atoms with van der Waals surface area (Å²) in [4.78, 5) is 23.9. The molecule has 3 unspecified atom stereocenters. The molecule has 2 heterocycles. The molecule has 2 fully saturated rings. The highest BCUT2D eigenvalue weighted by molar-refractivity contribution is 5.96. The van der Waals surface area contributed by atoms with E-state index < -0.39 is 0 Å². The molecule has 2 aliphatic rings. The molecule has 0 aromatic heterocycles. The second-order valence-electron chi connectivity index (χ2n) is 5.70. The smallest absolute Gasteiger partial charge is 0.251 e. The van der Waals surface area contributed by atoms with Gasteiger partial charge in [0.25, 0.3) is 5.91 Å². The van der Waals surface area contributed by atoms with Crippen LogP contribution in [0, 0.1) is 0 Å². The summed E-state index contributed by atoms with van der Waals surface area (Å²) < 4.78 is 10.8. The fourth-order valence-electron chi connectivity index (χ4n) is 3.07. The van der Waals surface area contributed by atoms with Crippen LogP contribution in [0.15, 0.2) is 24.3 Å². The minimum atomic E-state index is -0.293. The molecule has 6 nitrogen and oxygen atoms in total. The van der Waals surface area contributed by atoms with E-state index in [1.807, 2.05) is 0 Å². The number of hydrogen-bond acceptors (Lipinski definition) is 4. The van der Waals surface area contributed by atoms with Gasteiger partial charge in [-0.2, -0.15) is 0 Å². The van der Waals surface area contributed by atoms with Crippen LogP contribution in [-0.2, 0) is 9.53 Å². The van der Waals surface area contributed by atoms with Gasteiger partial charge in [-0.1, -0.05) is 6.07 Å². The molecule has 2 aliphatic heterocycles. The Morgan fingerprint density at radius 2 is 2.23 bits per heavy atom. The van der Waals surface area contributed by atoms with Gasteiger partial charge in [0.15, 0.2) is 0 Å². The van der Waals surface area contributed by atoms with E-state index in [2.05, 4.69) is 10.6 Å². The second kappa shape index (κ2) is 6.36. The van der Waals surface area contributed by atoms with Crippen LogP contribution in [0.1, 0.15) is 29.6 Å². The predicted octanol–water partition coefficient (Wildman–Crippen LogP) is 0.861. The molecule has 0 radical (unpaired) electrons. The van der Waals surface area contributed by atoms with Crippen molar-refractivity contribution in [3.8, 4) is 5.75 Å². The highest BCUT2D eigenvalue weighted by atomic mass is 16.5. The van der Waals surface area contributed by atoms with E-state index in [0.29, 0.717) is 17.4 Å². The van der Waals surface area contributed by atoms with Crippen LogP contribution in [0.2, 0.25) is 0 Å². The lowest BCUT2D eigenvalue weighted by molar-refractivity contribution is -0.121. The fourth-order valence-corrected chi connectivity index (χ4v) is 3.07. The van der Waals surface area contributed by atoms with Gasteiger partial charge >= 0.3 is 0 Å². The van der Waals surface area contributed by atoms with Crippen LogP contribution in [-0.4, -0.2) is 43.7 Å². The number of hydrogen-bond donors (Lipinski definition) is 2. The molecule has 3 rings (SSSR count). The average Bonchev–Trinajstić information content (AvgIpc) is 3.15. The zero-order chi connectivity index (χ0) is 15.5. The summed E-state index contributed by atoms with van der Waals surface area (Å²) in [5, 5.41) is 5.56. The SMILES string of the molecule is COc1cccc(C(=O)NCC(=O)NC2CC3CCC2O3)c1. The predicted molar refractivity (Wildman–Crippen MR) is 79.8 cm³/mol. The molecule has 6 heteroatoms. The number of nitrogens with one attached hydrogen (secondary N) is 2. The van der Waals surface area contributed by atoms with Gasteiger partial charge in [-0.25, -0.2) is 0 Å². The number of carbonyl (C=O) groups is 2. The van der Waals surface area contributed by atoms with Crippen LogP contribution in [0.3, 0.4) is 0 Å². The third-order valence-electron chi connectivity index (χ3n) is 4.19. The number of benzene rings is 1. The van der Waals surface area contributed by atoms with Crippen molar-refractivity contribution in [3.05, 3.63) is 29.8 Å². The summed E-state index contributed by atoms with van der Waals surface area (Å²) in [6, 6.07) is 6.90. The summed E-state index contributed by atoms with van der Waals surface area (Å²) >= 11 is 0. The lowest BCUT2D eigenvalue weighted by Gasteiger charge is -2.20. The van der Waals surface area contributed by atoms with Crippen LogP contribution < -0.4 is 15.4 Å². The Morgan fingerprint density at radius 1 is 1.36 bits per heavy atom. The maximum Gasteiger partial charge on any atom is 0.251 e. The van der Waals surface area contributed by atoms with E-state index in [-0.39, 0.29) is 30.5 Å². The summed E-state index contributed by atoms with van der Waals surface area (Å²) in [6.45, 7) is -0.0378. The van der Waals surface area contributed by atoms with Crippen LogP contribution in [0.5, 0.6) is 5.75 Å². The van der Waals surface area contributed by atoms with E-state index in [4.69, 9.17) is 9.47 Å². The minimum Gasteiger partial charge on any atom is -0.497 e. The average molecular weight is 304 g/mol. The number of carbonyl (C=O) groups excluding carboxylic acids is 2. The quantitative estimate of drug-likeness (QED) is 0.846. The van der Waals surface area contributed by atoms with Crippen molar-refractivity contribution < 1.29 is 19.1 Å². The van der Waals surface area contributed by atoms with E-state index in [1.165, 1.54) is 0 Å². The number of ether oxygens (including phenoxy) is 2. The molecule has 1 aromatic rings. The highest BCUT2D eigenvalue weighted by Crippen LogP contribution is 2.34. The Labute approximate surface area is 129 Å². The zero-order valence-corrected chi connectivity index (χ0v) is 12.5. The van der Waals surface area contributed by atoms with Crippen molar-refractivity contribution in [2.24, 2.45) is 0 Å². The molecule has 118 valence electrons. The Morgan fingerprint density at radius 3 is 2.91 bits per heavy atom. The first-order chi connectivity index (χ1) is 10.7. The molecule has 2 bridgehead atoms. The van der Waals surface area contributed by atoms with Crippen LogP contribution in [0.4, 0.5) is 0 Å². The third-order valence-corrected chi connectivity index (χ3v) is 4.19. The number of methoxy groups -OCH3 is 1. The molecule has 3 atom stereocenters. The molecule has 0 aliphatic carbocycles. The molecule has 2 amide bonds. The maximum absolute atomic E-state index is 12.0. The standard InChI is InChI=1S/C16H20N2O4/c1-21-11-4-2-3-10(7-11)16(20)17-9-15(19)18-13-8-12-5-6-14(13)22-12/h2-4,7,12-14H,5-6,8-9H2,1H3,(H,17,20)(H,18,19). The van der Waals surface area contributed by atoms with Crippen molar-refractivity contribution in [1.82, 2.24) is 10.6 Å². The Bertz CT molecular complexity index is 575. The summed E-state index contributed by atoms with van der Waals surface area (Å²) in [7, 11) is 1.54. The largest absolute Gasteiger partial charge is 0.497 e. The summed E-state index contributed by atoms with van der Waals surface area (Å²) in [5.41, 5.74) is 0.468. The monoisotopic (exact) mass is 304 g/mol. The maximum atomic E-state index is 12.0. The van der Waals surface area contributed by atoms with E-state index in [0.717, 1.165) is 19.3 Å². The normalized spacial score (nSPS) is 25.8. The van der Waals surface area contributed by atoms with Crippen molar-refractivity contribution in [3.63, 3.8) is 0 Å². The zero-order valence-electron chi connectivity index (χ0n) is 12.5. The Kier molecular flexibility index (Phi) is 4.29. The van der Waals surface area contributed by atoms with Crippen LogP contribution in [0.25, 0.3) is 0 Å². The van der Waals surface area contributed by atoms with Crippen molar-refractivity contribution in [1.29, 1.82) is 0 Å². The van der Waals surface area contributed by atoms with Gasteiger partial charge in [-0.05, 0) is 37.5 Å². The highest BCUT2D eigenvalue weighted by Gasteiger charge is 2.41. The topological polar surface area (TPSA) is 76.7 Å². The Balaban J connectivity index is 1.47. The summed E-state index contributed by atoms with van der Waals surface area (Å²) in [6.07, 6.45) is 3.40. The van der Waals surface area contributed by atoms with Crippen molar-refractivity contribution in [2.45, 2.75) is 37.5 Å². The first-order valence-corrected chi connectivity index (χ1v) is 7.53. The molecule has 0 spiro atoms. The van der Waals surface area contributed by atoms with Gasteiger partial charge in [0, 0.05) is 5.56 Å². The lowest BCUT2D eigenvalue weighted by atomic mass is 9.95. The van der Waals surface area contributed by atoms with Crippen molar-refractivity contribution in [2.75, 3.05) is 13.7 Å². The molecular weight excluding hydrogens is 284 g/mol.